The number of nitrogen functional groups attached to an aromatic ring is 1. The number of hydrogen-bond donors (Lipinski definition) is 1. The molecule has 1 saturated heterocycles. The first-order valence-electron chi connectivity index (χ1n) is 4.65. The van der Waals surface area contributed by atoms with Crippen molar-refractivity contribution in [2.24, 2.45) is 0 Å². The second-order valence-electron chi connectivity index (χ2n) is 3.30. The lowest BCUT2D eigenvalue weighted by Crippen LogP contribution is -2.32. The Kier molecular flexibility index (Phi) is 2.82. The molecule has 2 nitrogen and oxygen atoms in total. The molecule has 2 rings (SSSR count). The van der Waals surface area contributed by atoms with E-state index in [2.05, 4.69) is 4.90 Å². The zero-order valence-electron chi connectivity index (χ0n) is 7.87. The first-order valence-corrected chi connectivity index (χ1v) is 5.80. The zero-order chi connectivity index (χ0) is 9.97. The zero-order valence-corrected chi connectivity index (χ0v) is 8.69. The van der Waals surface area contributed by atoms with Crippen LogP contribution in [0.1, 0.15) is 0 Å². The summed E-state index contributed by atoms with van der Waals surface area (Å²) < 4.78 is 12.8. The summed E-state index contributed by atoms with van der Waals surface area (Å²) in [7, 11) is 0. The predicted molar refractivity (Wildman–Crippen MR) is 60.4 cm³/mol. The van der Waals surface area contributed by atoms with Gasteiger partial charge in [0.05, 0.1) is 11.4 Å². The molecule has 1 aromatic carbocycles. The van der Waals surface area contributed by atoms with Crippen molar-refractivity contribution < 1.29 is 4.39 Å². The van der Waals surface area contributed by atoms with Crippen LogP contribution in [0.4, 0.5) is 15.8 Å². The van der Waals surface area contributed by atoms with Crippen molar-refractivity contribution in [3.8, 4) is 0 Å². The number of halogens is 1. The van der Waals surface area contributed by atoms with Gasteiger partial charge in [-0.2, -0.15) is 11.8 Å². The molecule has 1 aliphatic rings. The smallest absolute Gasteiger partial charge is 0.125 e. The van der Waals surface area contributed by atoms with Crippen LogP contribution in [0.15, 0.2) is 18.2 Å². The molecule has 0 saturated carbocycles. The van der Waals surface area contributed by atoms with Gasteiger partial charge in [0.1, 0.15) is 5.82 Å². The molecule has 2 N–H and O–H groups in total. The van der Waals surface area contributed by atoms with E-state index in [1.807, 2.05) is 11.8 Å². The maximum absolute atomic E-state index is 12.8. The molecule has 0 aliphatic carbocycles. The Morgan fingerprint density at radius 2 is 2.00 bits per heavy atom. The summed E-state index contributed by atoms with van der Waals surface area (Å²) in [5, 5.41) is 0. The second-order valence-corrected chi connectivity index (χ2v) is 4.53. The standard InChI is InChI=1S/C10H13FN2S/c11-8-1-2-10(9(12)7-8)13-3-5-14-6-4-13/h1-2,7H,3-6,12H2. The fraction of sp³-hybridized carbons (Fsp3) is 0.400. The molecule has 0 amide bonds. The first kappa shape index (κ1) is 9.65. The molecular formula is C10H13FN2S. The van der Waals surface area contributed by atoms with Gasteiger partial charge in [-0.3, -0.25) is 0 Å². The number of thioether (sulfide) groups is 1. The highest BCUT2D eigenvalue weighted by atomic mass is 32.2. The van der Waals surface area contributed by atoms with E-state index in [-0.39, 0.29) is 5.82 Å². The minimum absolute atomic E-state index is 0.266. The lowest BCUT2D eigenvalue weighted by Gasteiger charge is -2.29. The lowest BCUT2D eigenvalue weighted by atomic mass is 10.2. The molecule has 4 heteroatoms. The van der Waals surface area contributed by atoms with Gasteiger partial charge in [0.2, 0.25) is 0 Å². The Hall–Kier alpha value is -0.900. The topological polar surface area (TPSA) is 29.3 Å². The van der Waals surface area contributed by atoms with E-state index in [9.17, 15) is 4.39 Å². The van der Waals surface area contributed by atoms with Gasteiger partial charge in [0.25, 0.3) is 0 Å². The number of rotatable bonds is 1. The highest BCUT2D eigenvalue weighted by Crippen LogP contribution is 2.26. The first-order chi connectivity index (χ1) is 6.77. The number of hydrogen-bond acceptors (Lipinski definition) is 3. The van der Waals surface area contributed by atoms with Crippen molar-refractivity contribution in [1.82, 2.24) is 0 Å². The molecule has 1 aromatic rings. The molecule has 14 heavy (non-hydrogen) atoms. The van der Waals surface area contributed by atoms with Gasteiger partial charge in [-0.1, -0.05) is 0 Å². The van der Waals surface area contributed by atoms with Crippen molar-refractivity contribution in [2.45, 2.75) is 0 Å². The Bertz CT molecular complexity index is 324. The average Bonchev–Trinajstić information content (AvgIpc) is 2.19. The maximum atomic E-state index is 12.8. The van der Waals surface area contributed by atoms with Crippen LogP contribution in [0.2, 0.25) is 0 Å². The van der Waals surface area contributed by atoms with Crippen LogP contribution in [0.25, 0.3) is 0 Å². The summed E-state index contributed by atoms with van der Waals surface area (Å²) in [5.41, 5.74) is 7.27. The number of nitrogens with zero attached hydrogens (tertiary/aromatic N) is 1. The van der Waals surface area contributed by atoms with Gasteiger partial charge in [-0.25, -0.2) is 4.39 Å². The minimum atomic E-state index is -0.266. The Labute approximate surface area is 87.3 Å². The molecule has 0 aromatic heterocycles. The van der Waals surface area contributed by atoms with E-state index in [0.29, 0.717) is 5.69 Å². The number of anilines is 2. The Morgan fingerprint density at radius 1 is 1.29 bits per heavy atom. The van der Waals surface area contributed by atoms with Crippen LogP contribution >= 0.6 is 11.8 Å². The van der Waals surface area contributed by atoms with Crippen molar-refractivity contribution in [2.75, 3.05) is 35.2 Å². The van der Waals surface area contributed by atoms with Crippen LogP contribution in [-0.4, -0.2) is 24.6 Å². The average molecular weight is 212 g/mol. The van der Waals surface area contributed by atoms with E-state index in [1.165, 1.54) is 12.1 Å². The third kappa shape index (κ3) is 1.95. The molecule has 0 bridgehead atoms. The lowest BCUT2D eigenvalue weighted by molar-refractivity contribution is 0.628. The summed E-state index contributed by atoms with van der Waals surface area (Å²) in [5.74, 6) is 1.98. The molecule has 0 atom stereocenters. The molecule has 1 heterocycles. The summed E-state index contributed by atoms with van der Waals surface area (Å²) in [4.78, 5) is 2.21. The third-order valence-corrected chi connectivity index (χ3v) is 3.28. The van der Waals surface area contributed by atoms with Gasteiger partial charge in [0, 0.05) is 24.6 Å². The summed E-state index contributed by atoms with van der Waals surface area (Å²) in [6, 6.07) is 4.62. The summed E-state index contributed by atoms with van der Waals surface area (Å²) >= 11 is 1.95. The van der Waals surface area contributed by atoms with Crippen molar-refractivity contribution in [3.63, 3.8) is 0 Å². The van der Waals surface area contributed by atoms with E-state index in [1.54, 1.807) is 6.07 Å². The van der Waals surface area contributed by atoms with Crippen molar-refractivity contribution in [1.29, 1.82) is 0 Å². The molecule has 0 radical (unpaired) electrons. The van der Waals surface area contributed by atoms with Gasteiger partial charge in [0.15, 0.2) is 0 Å². The van der Waals surface area contributed by atoms with E-state index >= 15 is 0 Å². The summed E-state index contributed by atoms with van der Waals surface area (Å²) in [6.45, 7) is 2.00. The van der Waals surface area contributed by atoms with Crippen LogP contribution in [0.3, 0.4) is 0 Å². The Morgan fingerprint density at radius 3 is 2.64 bits per heavy atom. The number of nitrogens with two attached hydrogens (primary N) is 1. The Balaban J connectivity index is 2.22. The van der Waals surface area contributed by atoms with Crippen LogP contribution in [0, 0.1) is 5.82 Å². The molecule has 0 spiro atoms. The monoisotopic (exact) mass is 212 g/mol. The van der Waals surface area contributed by atoms with Gasteiger partial charge >= 0.3 is 0 Å². The van der Waals surface area contributed by atoms with Crippen LogP contribution in [0.5, 0.6) is 0 Å². The van der Waals surface area contributed by atoms with Crippen molar-refractivity contribution in [3.05, 3.63) is 24.0 Å². The van der Waals surface area contributed by atoms with E-state index < -0.39 is 0 Å². The fourth-order valence-corrected chi connectivity index (χ4v) is 2.52. The van der Waals surface area contributed by atoms with Gasteiger partial charge < -0.3 is 10.6 Å². The van der Waals surface area contributed by atoms with Gasteiger partial charge in [-0.15, -0.1) is 0 Å². The minimum Gasteiger partial charge on any atom is -0.397 e. The molecule has 1 fully saturated rings. The summed E-state index contributed by atoms with van der Waals surface area (Å²) in [6.07, 6.45) is 0. The maximum Gasteiger partial charge on any atom is 0.125 e. The highest BCUT2D eigenvalue weighted by Gasteiger charge is 2.13. The second kappa shape index (κ2) is 4.09. The quantitative estimate of drug-likeness (QED) is 0.722. The molecule has 1 aliphatic heterocycles. The van der Waals surface area contributed by atoms with Gasteiger partial charge in [-0.05, 0) is 18.2 Å². The largest absolute Gasteiger partial charge is 0.397 e. The van der Waals surface area contributed by atoms with Crippen LogP contribution < -0.4 is 10.6 Å². The normalized spacial score (nSPS) is 17.1. The molecule has 76 valence electrons. The number of benzene rings is 1. The molecular weight excluding hydrogens is 199 g/mol. The molecule has 0 unspecified atom stereocenters. The fourth-order valence-electron chi connectivity index (χ4n) is 1.62. The SMILES string of the molecule is Nc1cc(F)ccc1N1CCSCC1. The van der Waals surface area contributed by atoms with Crippen LogP contribution in [-0.2, 0) is 0 Å². The third-order valence-electron chi connectivity index (χ3n) is 2.34. The van der Waals surface area contributed by atoms with E-state index in [0.717, 1.165) is 30.3 Å². The van der Waals surface area contributed by atoms with E-state index in [4.69, 9.17) is 5.73 Å². The highest BCUT2D eigenvalue weighted by molar-refractivity contribution is 7.99. The predicted octanol–water partition coefficient (Wildman–Crippen LogP) is 1.96. The van der Waals surface area contributed by atoms with Crippen molar-refractivity contribution >= 4 is 23.1 Å².